The lowest BCUT2D eigenvalue weighted by atomic mass is 10.1. The van der Waals surface area contributed by atoms with Crippen molar-refractivity contribution in [2.24, 2.45) is 0 Å². The normalized spacial score (nSPS) is 10.4. The van der Waals surface area contributed by atoms with Gasteiger partial charge in [0.05, 0.1) is 10.6 Å². The zero-order valence-electron chi connectivity index (χ0n) is 7.49. The molecule has 0 atom stereocenters. The smallest absolute Gasteiger partial charge is 0.135 e. The Hall–Kier alpha value is -1.42. The molecular weight excluding hydrogens is 201 g/mol. The van der Waals surface area contributed by atoms with Gasteiger partial charge in [-0.05, 0) is 36.7 Å². The molecule has 0 unspecified atom stereocenters. The van der Waals surface area contributed by atoms with E-state index < -0.39 is 5.82 Å². The molecule has 0 spiro atoms. The second kappa shape index (κ2) is 3.38. The molecule has 0 aliphatic carbocycles. The summed E-state index contributed by atoms with van der Waals surface area (Å²) in [4.78, 5) is 0.778. The number of phenols is 1. The van der Waals surface area contributed by atoms with Gasteiger partial charge in [0.25, 0.3) is 0 Å². The van der Waals surface area contributed by atoms with Crippen LogP contribution in [-0.4, -0.2) is 9.48 Å². The van der Waals surface area contributed by atoms with Gasteiger partial charge in [-0.1, -0.05) is 0 Å². The third-order valence-corrected chi connectivity index (χ3v) is 2.76. The lowest BCUT2D eigenvalue weighted by molar-refractivity contribution is 0.469. The fourth-order valence-corrected chi connectivity index (χ4v) is 1.98. The van der Waals surface area contributed by atoms with Crippen LogP contribution < -0.4 is 0 Å². The van der Waals surface area contributed by atoms with Gasteiger partial charge in [-0.25, -0.2) is 4.39 Å². The number of hydrogen-bond donors (Lipinski definition) is 1. The van der Waals surface area contributed by atoms with Crippen molar-refractivity contribution in [3.05, 3.63) is 35.8 Å². The molecule has 2 rings (SSSR count). The SMILES string of the molecule is Cc1cc(-c2ccc(O)cc2F)sn1. The zero-order chi connectivity index (χ0) is 10.1. The topological polar surface area (TPSA) is 33.1 Å². The van der Waals surface area contributed by atoms with Crippen molar-refractivity contribution in [3.8, 4) is 16.2 Å². The van der Waals surface area contributed by atoms with Crippen molar-refractivity contribution in [3.63, 3.8) is 0 Å². The predicted molar refractivity (Wildman–Crippen MR) is 53.9 cm³/mol. The van der Waals surface area contributed by atoms with E-state index in [4.69, 9.17) is 5.11 Å². The Morgan fingerprint density at radius 2 is 2.14 bits per heavy atom. The van der Waals surface area contributed by atoms with Crippen LogP contribution in [0.4, 0.5) is 4.39 Å². The maximum atomic E-state index is 13.4. The predicted octanol–water partition coefficient (Wildman–Crippen LogP) is 2.96. The van der Waals surface area contributed by atoms with Crippen molar-refractivity contribution in [1.29, 1.82) is 0 Å². The van der Waals surface area contributed by atoms with Crippen LogP contribution in [-0.2, 0) is 0 Å². The number of nitrogens with zero attached hydrogens (tertiary/aromatic N) is 1. The Bertz CT molecular complexity index is 467. The van der Waals surface area contributed by atoms with Gasteiger partial charge in [-0.2, -0.15) is 4.37 Å². The molecule has 0 aliphatic rings. The minimum atomic E-state index is -0.423. The summed E-state index contributed by atoms with van der Waals surface area (Å²) in [5.41, 5.74) is 1.35. The molecule has 1 aromatic carbocycles. The third-order valence-electron chi connectivity index (χ3n) is 1.85. The molecule has 14 heavy (non-hydrogen) atoms. The van der Waals surface area contributed by atoms with E-state index >= 15 is 0 Å². The van der Waals surface area contributed by atoms with Crippen molar-refractivity contribution in [2.75, 3.05) is 0 Å². The van der Waals surface area contributed by atoms with Crippen LogP contribution in [0.5, 0.6) is 5.75 Å². The molecule has 4 heteroatoms. The second-order valence-electron chi connectivity index (χ2n) is 3.00. The average molecular weight is 209 g/mol. The highest BCUT2D eigenvalue weighted by molar-refractivity contribution is 7.09. The molecule has 0 fully saturated rings. The Morgan fingerprint density at radius 1 is 1.36 bits per heavy atom. The highest BCUT2D eigenvalue weighted by Crippen LogP contribution is 2.28. The van der Waals surface area contributed by atoms with Gasteiger partial charge >= 0.3 is 0 Å². The number of rotatable bonds is 1. The van der Waals surface area contributed by atoms with Crippen LogP contribution in [0.1, 0.15) is 5.69 Å². The number of aryl methyl sites for hydroxylation is 1. The number of halogens is 1. The fourth-order valence-electron chi connectivity index (χ4n) is 1.19. The quantitative estimate of drug-likeness (QED) is 0.783. The van der Waals surface area contributed by atoms with Gasteiger partial charge in [-0.15, -0.1) is 0 Å². The highest BCUT2D eigenvalue weighted by atomic mass is 32.1. The first-order chi connectivity index (χ1) is 6.66. The van der Waals surface area contributed by atoms with Crippen LogP contribution in [0.3, 0.4) is 0 Å². The van der Waals surface area contributed by atoms with Crippen LogP contribution in [0.25, 0.3) is 10.4 Å². The first-order valence-corrected chi connectivity index (χ1v) is 4.86. The van der Waals surface area contributed by atoms with E-state index in [0.717, 1.165) is 16.6 Å². The van der Waals surface area contributed by atoms with E-state index in [0.29, 0.717) is 5.56 Å². The average Bonchev–Trinajstić information content (AvgIpc) is 2.51. The van der Waals surface area contributed by atoms with Gasteiger partial charge < -0.3 is 5.11 Å². The molecule has 0 bridgehead atoms. The Morgan fingerprint density at radius 3 is 2.71 bits per heavy atom. The molecule has 2 nitrogen and oxygen atoms in total. The standard InChI is InChI=1S/C10H8FNOS/c1-6-4-10(14-12-6)8-3-2-7(13)5-9(8)11/h2-5,13H,1H3. The molecule has 0 saturated heterocycles. The first kappa shape index (κ1) is 9.15. The van der Waals surface area contributed by atoms with Crippen molar-refractivity contribution in [1.82, 2.24) is 4.37 Å². The highest BCUT2D eigenvalue weighted by Gasteiger charge is 2.08. The summed E-state index contributed by atoms with van der Waals surface area (Å²) in [5.74, 6) is -0.485. The summed E-state index contributed by atoms with van der Waals surface area (Å²) in [7, 11) is 0. The molecule has 1 N–H and O–H groups in total. The molecule has 0 aliphatic heterocycles. The van der Waals surface area contributed by atoms with Gasteiger partial charge in [0.1, 0.15) is 11.6 Å². The Balaban J connectivity index is 2.52. The summed E-state index contributed by atoms with van der Waals surface area (Å²) < 4.78 is 17.4. The second-order valence-corrected chi connectivity index (χ2v) is 3.80. The summed E-state index contributed by atoms with van der Waals surface area (Å²) in [5, 5.41) is 9.04. The first-order valence-electron chi connectivity index (χ1n) is 4.09. The van der Waals surface area contributed by atoms with E-state index in [1.165, 1.54) is 17.6 Å². The van der Waals surface area contributed by atoms with Crippen molar-refractivity contribution >= 4 is 11.5 Å². The molecule has 2 aromatic rings. The van der Waals surface area contributed by atoms with Gasteiger partial charge in [0.2, 0.25) is 0 Å². The van der Waals surface area contributed by atoms with Crippen LogP contribution in [0.2, 0.25) is 0 Å². The largest absolute Gasteiger partial charge is 0.508 e. The number of hydrogen-bond acceptors (Lipinski definition) is 3. The van der Waals surface area contributed by atoms with E-state index in [-0.39, 0.29) is 5.75 Å². The Kier molecular flexibility index (Phi) is 2.21. The lowest BCUT2D eigenvalue weighted by Crippen LogP contribution is -1.80. The lowest BCUT2D eigenvalue weighted by Gasteiger charge is -1.99. The van der Waals surface area contributed by atoms with E-state index in [1.807, 2.05) is 13.0 Å². The summed E-state index contributed by atoms with van der Waals surface area (Å²) in [6.45, 7) is 1.86. The van der Waals surface area contributed by atoms with E-state index in [1.54, 1.807) is 6.07 Å². The third kappa shape index (κ3) is 1.61. The van der Waals surface area contributed by atoms with E-state index in [9.17, 15) is 4.39 Å². The number of aromatic nitrogens is 1. The number of benzene rings is 1. The van der Waals surface area contributed by atoms with Gasteiger partial charge in [0.15, 0.2) is 0 Å². The maximum Gasteiger partial charge on any atom is 0.135 e. The summed E-state index contributed by atoms with van der Waals surface area (Å²) in [6, 6.07) is 5.94. The van der Waals surface area contributed by atoms with Crippen LogP contribution >= 0.6 is 11.5 Å². The maximum absolute atomic E-state index is 13.4. The molecular formula is C10H8FNOS. The minimum Gasteiger partial charge on any atom is -0.508 e. The molecule has 0 amide bonds. The molecule has 0 saturated carbocycles. The fraction of sp³-hybridized carbons (Fsp3) is 0.100. The van der Waals surface area contributed by atoms with E-state index in [2.05, 4.69) is 4.37 Å². The number of phenolic OH excluding ortho intramolecular Hbond substituents is 1. The van der Waals surface area contributed by atoms with Gasteiger partial charge in [0, 0.05) is 11.6 Å². The molecule has 72 valence electrons. The number of aromatic hydroxyl groups is 1. The minimum absolute atomic E-state index is 0.0625. The molecule has 0 radical (unpaired) electrons. The monoisotopic (exact) mass is 209 g/mol. The van der Waals surface area contributed by atoms with Crippen LogP contribution in [0.15, 0.2) is 24.3 Å². The zero-order valence-corrected chi connectivity index (χ0v) is 8.31. The van der Waals surface area contributed by atoms with Crippen LogP contribution in [0, 0.1) is 12.7 Å². The van der Waals surface area contributed by atoms with Crippen molar-refractivity contribution < 1.29 is 9.50 Å². The van der Waals surface area contributed by atoms with Crippen molar-refractivity contribution in [2.45, 2.75) is 6.92 Å². The van der Waals surface area contributed by atoms with Gasteiger partial charge in [-0.3, -0.25) is 0 Å². The summed E-state index contributed by atoms with van der Waals surface area (Å²) >= 11 is 1.25. The summed E-state index contributed by atoms with van der Waals surface area (Å²) in [6.07, 6.45) is 0. The molecule has 1 heterocycles. The molecule has 1 aromatic heterocycles. The Labute approximate surface area is 84.8 Å².